The molecule has 1 heterocycles. The lowest BCUT2D eigenvalue weighted by Crippen LogP contribution is -2.35. The van der Waals surface area contributed by atoms with E-state index in [1.165, 1.54) is 43.2 Å². The van der Waals surface area contributed by atoms with Gasteiger partial charge in [0.15, 0.2) is 5.17 Å². The molecule has 0 bridgehead atoms. The molecule has 0 radical (unpaired) electrons. The zero-order valence-electron chi connectivity index (χ0n) is 17.0. The minimum absolute atomic E-state index is 0.0663. The maximum atomic E-state index is 12.8. The van der Waals surface area contributed by atoms with E-state index >= 15 is 0 Å². The highest BCUT2D eigenvalue weighted by Crippen LogP contribution is 2.29. The molecule has 4 nitrogen and oxygen atoms in total. The maximum Gasteiger partial charge on any atom is 0.243 e. The van der Waals surface area contributed by atoms with Crippen LogP contribution in [0.25, 0.3) is 0 Å². The lowest BCUT2D eigenvalue weighted by atomic mass is 9.96. The van der Waals surface area contributed by atoms with E-state index in [0.717, 1.165) is 30.2 Å². The Morgan fingerprint density at radius 1 is 1.19 bits per heavy atom. The summed E-state index contributed by atoms with van der Waals surface area (Å²) >= 11 is 1.83. The molecule has 3 rings (SSSR count). The summed E-state index contributed by atoms with van der Waals surface area (Å²) in [5.74, 6) is 0.0663. The molecule has 1 aromatic carbocycles. The van der Waals surface area contributed by atoms with E-state index < -0.39 is 0 Å². The van der Waals surface area contributed by atoms with Gasteiger partial charge in [0.25, 0.3) is 0 Å². The number of carbonyl (C=O) groups excluding carboxylic acids is 1. The number of aliphatic imine (C=N–C) groups is 1. The molecule has 2 fully saturated rings. The van der Waals surface area contributed by atoms with Crippen LogP contribution in [0.15, 0.2) is 23.2 Å². The number of nitrogens with zero attached hydrogens (tertiary/aromatic N) is 2. The number of hydrogen-bond acceptors (Lipinski definition) is 3. The highest BCUT2D eigenvalue weighted by molar-refractivity contribution is 8.14. The van der Waals surface area contributed by atoms with E-state index in [2.05, 4.69) is 49.2 Å². The van der Waals surface area contributed by atoms with Crippen LogP contribution in [-0.2, 0) is 17.6 Å². The van der Waals surface area contributed by atoms with Crippen molar-refractivity contribution >= 4 is 28.5 Å². The van der Waals surface area contributed by atoms with E-state index in [4.69, 9.17) is 4.99 Å². The third kappa shape index (κ3) is 5.28. The molecule has 1 aliphatic heterocycles. The van der Waals surface area contributed by atoms with E-state index in [9.17, 15) is 4.79 Å². The summed E-state index contributed by atoms with van der Waals surface area (Å²) in [7, 11) is 0. The minimum Gasteiger partial charge on any atom is -0.341 e. The summed E-state index contributed by atoms with van der Waals surface area (Å²) in [5, 5.41) is 4.77. The summed E-state index contributed by atoms with van der Waals surface area (Å²) in [4.78, 5) is 20.0. The molecular weight excluding hydrogens is 354 g/mol. The fourth-order valence-electron chi connectivity index (χ4n) is 4.05. The van der Waals surface area contributed by atoms with Gasteiger partial charge >= 0.3 is 0 Å². The number of rotatable bonds is 6. The average molecular weight is 388 g/mol. The van der Waals surface area contributed by atoms with Crippen LogP contribution in [0.3, 0.4) is 0 Å². The van der Waals surface area contributed by atoms with Crippen molar-refractivity contribution in [1.82, 2.24) is 4.90 Å². The Balaban J connectivity index is 1.68. The molecule has 2 aliphatic rings. The summed E-state index contributed by atoms with van der Waals surface area (Å²) in [6.45, 7) is 7.79. The van der Waals surface area contributed by atoms with Crippen LogP contribution in [0.2, 0.25) is 0 Å². The van der Waals surface area contributed by atoms with E-state index in [-0.39, 0.29) is 5.91 Å². The van der Waals surface area contributed by atoms with Crippen molar-refractivity contribution in [3.8, 4) is 0 Å². The SMILES string of the molecule is CCc1cccc(CC)c1NC(=O)CN1C[C@H](C)SC1=NC1CCCCC1. The highest BCUT2D eigenvalue weighted by atomic mass is 32.2. The molecule has 148 valence electrons. The van der Waals surface area contributed by atoms with Crippen molar-refractivity contribution in [2.45, 2.75) is 77.0 Å². The second-order valence-corrected chi connectivity index (χ2v) is 9.12. The normalized spacial score (nSPS) is 22.4. The molecule has 1 saturated heterocycles. The molecule has 5 heteroatoms. The van der Waals surface area contributed by atoms with Crippen LogP contribution in [0.1, 0.15) is 64.0 Å². The predicted molar refractivity (Wildman–Crippen MR) is 117 cm³/mol. The predicted octanol–water partition coefficient (Wildman–Crippen LogP) is 4.88. The number of para-hydroxylation sites is 1. The van der Waals surface area contributed by atoms with E-state index in [0.29, 0.717) is 17.8 Å². The summed E-state index contributed by atoms with van der Waals surface area (Å²) in [6.07, 6.45) is 8.16. The van der Waals surface area contributed by atoms with Gasteiger partial charge < -0.3 is 10.2 Å². The molecule has 1 N–H and O–H groups in total. The number of amidine groups is 1. The summed E-state index contributed by atoms with van der Waals surface area (Å²) in [5.41, 5.74) is 3.43. The Bertz CT molecular complexity index is 660. The molecular formula is C22H33N3OS. The largest absolute Gasteiger partial charge is 0.341 e. The first-order valence-corrected chi connectivity index (χ1v) is 11.4. The van der Waals surface area contributed by atoms with Gasteiger partial charge in [0.05, 0.1) is 12.6 Å². The minimum atomic E-state index is 0.0663. The fraction of sp³-hybridized carbons (Fsp3) is 0.636. The van der Waals surface area contributed by atoms with Gasteiger partial charge in [0.1, 0.15) is 0 Å². The van der Waals surface area contributed by atoms with Crippen LogP contribution in [0.5, 0.6) is 0 Å². The molecule has 1 saturated carbocycles. The lowest BCUT2D eigenvalue weighted by molar-refractivity contribution is -0.116. The van der Waals surface area contributed by atoms with Crippen LogP contribution in [-0.4, -0.2) is 40.4 Å². The fourth-order valence-corrected chi connectivity index (χ4v) is 5.16. The van der Waals surface area contributed by atoms with E-state index in [1.54, 1.807) is 0 Å². The number of aryl methyl sites for hydroxylation is 2. The number of amides is 1. The Hall–Kier alpha value is -1.49. The molecule has 0 spiro atoms. The highest BCUT2D eigenvalue weighted by Gasteiger charge is 2.28. The number of nitrogens with one attached hydrogen (secondary N) is 1. The van der Waals surface area contributed by atoms with Crippen LogP contribution in [0.4, 0.5) is 5.69 Å². The second kappa shape index (κ2) is 9.63. The first-order valence-electron chi connectivity index (χ1n) is 10.5. The Morgan fingerprint density at radius 2 is 1.85 bits per heavy atom. The third-order valence-corrected chi connectivity index (χ3v) is 6.65. The zero-order valence-corrected chi connectivity index (χ0v) is 17.8. The number of hydrogen-bond donors (Lipinski definition) is 1. The van der Waals surface area contributed by atoms with Gasteiger partial charge in [-0.15, -0.1) is 0 Å². The first kappa shape index (κ1) is 20.2. The van der Waals surface area contributed by atoms with Crippen molar-refractivity contribution < 1.29 is 4.79 Å². The van der Waals surface area contributed by atoms with Gasteiger partial charge in [-0.05, 0) is 36.8 Å². The van der Waals surface area contributed by atoms with Crippen molar-refractivity contribution in [2.24, 2.45) is 4.99 Å². The Kier molecular flexibility index (Phi) is 7.22. The van der Waals surface area contributed by atoms with Gasteiger partial charge in [0.2, 0.25) is 5.91 Å². The van der Waals surface area contributed by atoms with Gasteiger partial charge in [0, 0.05) is 17.5 Å². The molecule has 0 aromatic heterocycles. The lowest BCUT2D eigenvalue weighted by Gasteiger charge is -2.22. The monoisotopic (exact) mass is 387 g/mol. The van der Waals surface area contributed by atoms with Gasteiger partial charge in [-0.2, -0.15) is 0 Å². The summed E-state index contributed by atoms with van der Waals surface area (Å²) in [6, 6.07) is 6.75. The number of anilines is 1. The standard InChI is InChI=1S/C22H33N3OS/c1-4-17-10-9-11-18(5-2)21(17)24-20(26)15-25-14-16(3)27-22(25)23-19-12-7-6-8-13-19/h9-11,16,19H,4-8,12-15H2,1-3H3,(H,24,26)/t16-/m0/s1. The number of benzene rings is 1. The van der Waals surface area contributed by atoms with Gasteiger partial charge in [-0.3, -0.25) is 9.79 Å². The topological polar surface area (TPSA) is 44.7 Å². The number of carbonyl (C=O) groups is 1. The second-order valence-electron chi connectivity index (χ2n) is 7.72. The molecule has 1 aliphatic carbocycles. The molecule has 1 aromatic rings. The quantitative estimate of drug-likeness (QED) is 0.757. The van der Waals surface area contributed by atoms with Crippen molar-refractivity contribution in [3.63, 3.8) is 0 Å². The van der Waals surface area contributed by atoms with Gasteiger partial charge in [-0.1, -0.05) is 70.0 Å². The molecule has 27 heavy (non-hydrogen) atoms. The average Bonchev–Trinajstić information content (AvgIpc) is 3.01. The van der Waals surface area contributed by atoms with Crippen LogP contribution in [0, 0.1) is 0 Å². The van der Waals surface area contributed by atoms with Gasteiger partial charge in [-0.25, -0.2) is 0 Å². The Labute approximate surface area is 168 Å². The van der Waals surface area contributed by atoms with Crippen LogP contribution < -0.4 is 5.32 Å². The third-order valence-electron chi connectivity index (χ3n) is 5.52. The molecule has 0 unspecified atom stereocenters. The Morgan fingerprint density at radius 3 is 2.48 bits per heavy atom. The summed E-state index contributed by atoms with van der Waals surface area (Å²) < 4.78 is 0. The zero-order chi connectivity index (χ0) is 19.2. The number of thioether (sulfide) groups is 1. The molecule has 1 atom stereocenters. The van der Waals surface area contributed by atoms with E-state index in [1.807, 2.05) is 11.8 Å². The first-order chi connectivity index (χ1) is 13.1. The maximum absolute atomic E-state index is 12.8. The smallest absolute Gasteiger partial charge is 0.243 e. The van der Waals surface area contributed by atoms with Crippen LogP contribution >= 0.6 is 11.8 Å². The van der Waals surface area contributed by atoms with Crippen molar-refractivity contribution in [2.75, 3.05) is 18.4 Å². The van der Waals surface area contributed by atoms with Crippen molar-refractivity contribution in [3.05, 3.63) is 29.3 Å². The van der Waals surface area contributed by atoms with Crippen molar-refractivity contribution in [1.29, 1.82) is 0 Å². The molecule has 1 amide bonds.